The van der Waals surface area contributed by atoms with Crippen molar-refractivity contribution in [2.75, 3.05) is 25.1 Å². The highest BCUT2D eigenvalue weighted by atomic mass is 16.5. The maximum Gasteiger partial charge on any atom is 0.311 e. The van der Waals surface area contributed by atoms with E-state index in [1.807, 2.05) is 12.1 Å². The largest absolute Gasteiger partial charge is 0.495 e. The van der Waals surface area contributed by atoms with Gasteiger partial charge in [0.25, 0.3) is 0 Å². The van der Waals surface area contributed by atoms with Crippen molar-refractivity contribution in [1.82, 2.24) is 5.32 Å². The Morgan fingerprint density at radius 3 is 2.71 bits per heavy atom. The summed E-state index contributed by atoms with van der Waals surface area (Å²) in [5.41, 5.74) is -0.162. The summed E-state index contributed by atoms with van der Waals surface area (Å²) >= 11 is 0. The van der Waals surface area contributed by atoms with Crippen LogP contribution in [-0.4, -0.2) is 43.1 Å². The summed E-state index contributed by atoms with van der Waals surface area (Å²) < 4.78 is 5.27. The number of carboxylic acid groups (broad SMARTS) is 1. The molecule has 1 saturated carbocycles. The SMILES string of the molecule is COc1ccccc1N1CC(C(=O)NCC2(C(=O)O)CC2)CC1=O. The van der Waals surface area contributed by atoms with Gasteiger partial charge in [-0.25, -0.2) is 0 Å². The molecule has 3 rings (SSSR count). The van der Waals surface area contributed by atoms with Crippen molar-refractivity contribution < 1.29 is 24.2 Å². The smallest absolute Gasteiger partial charge is 0.311 e. The first-order valence-electron chi connectivity index (χ1n) is 7.91. The molecule has 2 fully saturated rings. The highest BCUT2D eigenvalue weighted by Crippen LogP contribution is 2.45. The third-order valence-electron chi connectivity index (χ3n) is 4.78. The van der Waals surface area contributed by atoms with Crippen molar-refractivity contribution >= 4 is 23.5 Å². The van der Waals surface area contributed by atoms with Crippen LogP contribution in [0.3, 0.4) is 0 Å². The maximum absolute atomic E-state index is 12.3. The molecule has 1 aromatic carbocycles. The summed E-state index contributed by atoms with van der Waals surface area (Å²) in [6.45, 7) is 0.394. The Balaban J connectivity index is 1.64. The van der Waals surface area contributed by atoms with Gasteiger partial charge in [0.2, 0.25) is 11.8 Å². The quantitative estimate of drug-likeness (QED) is 0.811. The minimum Gasteiger partial charge on any atom is -0.495 e. The second-order valence-electron chi connectivity index (χ2n) is 6.38. The van der Waals surface area contributed by atoms with E-state index in [0.29, 0.717) is 24.3 Å². The van der Waals surface area contributed by atoms with Crippen LogP contribution in [0.4, 0.5) is 5.69 Å². The molecule has 2 amide bonds. The Hall–Kier alpha value is -2.57. The maximum atomic E-state index is 12.3. The van der Waals surface area contributed by atoms with Crippen LogP contribution >= 0.6 is 0 Å². The van der Waals surface area contributed by atoms with Crippen LogP contribution < -0.4 is 15.0 Å². The number of nitrogens with zero attached hydrogens (tertiary/aromatic N) is 1. The molecule has 7 heteroatoms. The Morgan fingerprint density at radius 1 is 1.38 bits per heavy atom. The van der Waals surface area contributed by atoms with Crippen molar-refractivity contribution in [1.29, 1.82) is 0 Å². The zero-order valence-electron chi connectivity index (χ0n) is 13.4. The van der Waals surface area contributed by atoms with E-state index in [2.05, 4.69) is 5.32 Å². The second kappa shape index (κ2) is 6.14. The Bertz CT molecular complexity index is 683. The standard InChI is InChI=1S/C17H20N2O5/c1-24-13-5-3-2-4-12(13)19-9-11(8-14(19)20)15(21)18-10-17(6-7-17)16(22)23/h2-5,11H,6-10H2,1H3,(H,18,21)(H,22,23). The summed E-state index contributed by atoms with van der Waals surface area (Å²) in [6.07, 6.45) is 1.28. The molecule has 2 aliphatic rings. The van der Waals surface area contributed by atoms with Gasteiger partial charge in [-0.05, 0) is 25.0 Å². The van der Waals surface area contributed by atoms with Crippen LogP contribution in [0.1, 0.15) is 19.3 Å². The number of methoxy groups -OCH3 is 1. The van der Waals surface area contributed by atoms with E-state index < -0.39 is 17.3 Å². The fraction of sp³-hybridized carbons (Fsp3) is 0.471. The number of nitrogens with one attached hydrogen (secondary N) is 1. The summed E-state index contributed by atoms with van der Waals surface area (Å²) in [7, 11) is 1.53. The number of benzene rings is 1. The van der Waals surface area contributed by atoms with Crippen molar-refractivity contribution in [3.8, 4) is 5.75 Å². The van der Waals surface area contributed by atoms with Crippen LogP contribution in [0.25, 0.3) is 0 Å². The topological polar surface area (TPSA) is 95.9 Å². The van der Waals surface area contributed by atoms with Gasteiger partial charge in [-0.3, -0.25) is 14.4 Å². The molecule has 7 nitrogen and oxygen atoms in total. The second-order valence-corrected chi connectivity index (χ2v) is 6.38. The summed E-state index contributed by atoms with van der Waals surface area (Å²) in [6, 6.07) is 7.16. The number of ether oxygens (including phenoxy) is 1. The number of hydrogen-bond donors (Lipinski definition) is 2. The molecule has 1 atom stereocenters. The van der Waals surface area contributed by atoms with Crippen molar-refractivity contribution in [3.05, 3.63) is 24.3 Å². The van der Waals surface area contributed by atoms with E-state index in [1.165, 1.54) is 7.11 Å². The number of hydrogen-bond acceptors (Lipinski definition) is 4. The monoisotopic (exact) mass is 332 g/mol. The van der Waals surface area contributed by atoms with Gasteiger partial charge in [-0.2, -0.15) is 0 Å². The zero-order valence-corrected chi connectivity index (χ0v) is 13.4. The van der Waals surface area contributed by atoms with Gasteiger partial charge in [0, 0.05) is 19.5 Å². The van der Waals surface area contributed by atoms with Crippen molar-refractivity contribution in [2.45, 2.75) is 19.3 Å². The molecular formula is C17H20N2O5. The predicted molar refractivity (Wildman–Crippen MR) is 85.8 cm³/mol. The van der Waals surface area contributed by atoms with Gasteiger partial charge in [-0.15, -0.1) is 0 Å². The number of aliphatic carboxylic acids is 1. The van der Waals surface area contributed by atoms with E-state index in [-0.39, 0.29) is 31.3 Å². The minimum atomic E-state index is -0.874. The molecule has 1 aliphatic heterocycles. The zero-order chi connectivity index (χ0) is 17.3. The van der Waals surface area contributed by atoms with Crippen LogP contribution in [-0.2, 0) is 14.4 Å². The Labute approximate surface area is 139 Å². The number of rotatable bonds is 6. The molecule has 128 valence electrons. The molecule has 24 heavy (non-hydrogen) atoms. The molecule has 1 heterocycles. The lowest BCUT2D eigenvalue weighted by molar-refractivity contribution is -0.143. The Morgan fingerprint density at radius 2 is 2.08 bits per heavy atom. The van der Waals surface area contributed by atoms with Gasteiger partial charge >= 0.3 is 5.97 Å². The van der Waals surface area contributed by atoms with Crippen molar-refractivity contribution in [3.63, 3.8) is 0 Å². The molecule has 0 radical (unpaired) electrons. The number of anilines is 1. The molecule has 1 aromatic rings. The highest BCUT2D eigenvalue weighted by molar-refractivity contribution is 6.01. The predicted octanol–water partition coefficient (Wildman–Crippen LogP) is 1.03. The third-order valence-corrected chi connectivity index (χ3v) is 4.78. The van der Waals surface area contributed by atoms with E-state index in [1.54, 1.807) is 17.0 Å². The Kier molecular flexibility index (Phi) is 4.17. The average Bonchev–Trinajstić information content (AvgIpc) is 3.28. The van der Waals surface area contributed by atoms with Crippen LogP contribution in [0, 0.1) is 11.3 Å². The lowest BCUT2D eigenvalue weighted by atomic mass is 10.1. The highest BCUT2D eigenvalue weighted by Gasteiger charge is 2.50. The van der Waals surface area contributed by atoms with Gasteiger partial charge in [-0.1, -0.05) is 12.1 Å². The van der Waals surface area contributed by atoms with Gasteiger partial charge < -0.3 is 20.1 Å². The van der Waals surface area contributed by atoms with E-state index >= 15 is 0 Å². The first-order valence-corrected chi connectivity index (χ1v) is 7.91. The number of para-hydroxylation sites is 2. The van der Waals surface area contributed by atoms with E-state index in [9.17, 15) is 14.4 Å². The number of carbonyl (C=O) groups excluding carboxylic acids is 2. The lowest BCUT2D eigenvalue weighted by Gasteiger charge is -2.19. The van der Waals surface area contributed by atoms with Crippen LogP contribution in [0.15, 0.2) is 24.3 Å². The van der Waals surface area contributed by atoms with Gasteiger partial charge in [0.05, 0.1) is 24.1 Å². The third kappa shape index (κ3) is 2.93. The summed E-state index contributed by atoms with van der Waals surface area (Å²) in [5.74, 6) is -1.19. The summed E-state index contributed by atoms with van der Waals surface area (Å²) in [4.78, 5) is 37.3. The summed E-state index contributed by atoms with van der Waals surface area (Å²) in [5, 5.41) is 11.8. The molecule has 0 spiro atoms. The normalized spacial score (nSPS) is 21.5. The first-order chi connectivity index (χ1) is 11.5. The average molecular weight is 332 g/mol. The number of carboxylic acids is 1. The number of amides is 2. The molecular weight excluding hydrogens is 312 g/mol. The first kappa shape index (κ1) is 16.3. The molecule has 1 aliphatic carbocycles. The fourth-order valence-electron chi connectivity index (χ4n) is 2.99. The molecule has 0 bridgehead atoms. The van der Waals surface area contributed by atoms with Crippen molar-refractivity contribution in [2.24, 2.45) is 11.3 Å². The van der Waals surface area contributed by atoms with Gasteiger partial charge in [0.15, 0.2) is 0 Å². The number of carbonyl (C=O) groups is 3. The molecule has 1 unspecified atom stereocenters. The fourth-order valence-corrected chi connectivity index (χ4v) is 2.99. The molecule has 1 saturated heterocycles. The minimum absolute atomic E-state index is 0.115. The van der Waals surface area contributed by atoms with E-state index in [0.717, 1.165) is 0 Å². The molecule has 2 N–H and O–H groups in total. The lowest BCUT2D eigenvalue weighted by Crippen LogP contribution is -2.38. The van der Waals surface area contributed by atoms with E-state index in [4.69, 9.17) is 9.84 Å². The van der Waals surface area contributed by atoms with Gasteiger partial charge in [0.1, 0.15) is 5.75 Å². The molecule has 0 aromatic heterocycles. The van der Waals surface area contributed by atoms with Crippen LogP contribution in [0.5, 0.6) is 5.75 Å². The van der Waals surface area contributed by atoms with Crippen LogP contribution in [0.2, 0.25) is 0 Å².